The first-order valence-corrected chi connectivity index (χ1v) is 8.37. The van der Waals surface area contributed by atoms with Gasteiger partial charge in [0, 0.05) is 41.8 Å². The van der Waals surface area contributed by atoms with E-state index in [9.17, 15) is 4.79 Å². The quantitative estimate of drug-likeness (QED) is 0.778. The maximum absolute atomic E-state index is 12.6. The first-order chi connectivity index (χ1) is 9.79. The Labute approximate surface area is 136 Å². The molecule has 116 valence electrons. The Morgan fingerprint density at radius 2 is 1.62 bits per heavy atom. The third-order valence-electron chi connectivity index (χ3n) is 4.32. The van der Waals surface area contributed by atoms with Crippen molar-refractivity contribution in [1.82, 2.24) is 9.80 Å². The molecule has 1 fully saturated rings. The highest BCUT2D eigenvalue weighted by atomic mass is 79.9. The van der Waals surface area contributed by atoms with E-state index >= 15 is 0 Å². The van der Waals surface area contributed by atoms with Crippen LogP contribution in [0.3, 0.4) is 0 Å². The van der Waals surface area contributed by atoms with Crippen LogP contribution in [-0.4, -0.2) is 53.3 Å². The summed E-state index contributed by atoms with van der Waals surface area (Å²) in [5.74, 6) is 0.215. The maximum Gasteiger partial charge on any atom is 0.179 e. The lowest BCUT2D eigenvalue weighted by molar-refractivity contribution is 0.0420. The highest BCUT2D eigenvalue weighted by molar-refractivity contribution is 9.10. The summed E-state index contributed by atoms with van der Waals surface area (Å²) in [5.41, 5.74) is 1.01. The van der Waals surface area contributed by atoms with E-state index in [1.807, 2.05) is 31.2 Å². The Morgan fingerprint density at radius 1 is 1.10 bits per heavy atom. The molecule has 0 saturated carbocycles. The average molecular weight is 353 g/mol. The summed E-state index contributed by atoms with van der Waals surface area (Å²) in [5, 5.41) is 0. The fourth-order valence-corrected chi connectivity index (χ4v) is 3.07. The summed E-state index contributed by atoms with van der Waals surface area (Å²) >= 11 is 3.41. The molecule has 21 heavy (non-hydrogen) atoms. The van der Waals surface area contributed by atoms with Gasteiger partial charge in [0.05, 0.1) is 6.04 Å². The number of hydrogen-bond acceptors (Lipinski definition) is 3. The summed E-state index contributed by atoms with van der Waals surface area (Å²) in [6, 6.07) is 7.60. The molecule has 3 nitrogen and oxygen atoms in total. The largest absolute Gasteiger partial charge is 0.296 e. The van der Waals surface area contributed by atoms with Crippen molar-refractivity contribution in [1.29, 1.82) is 0 Å². The van der Waals surface area contributed by atoms with Gasteiger partial charge in [0.15, 0.2) is 5.78 Å². The molecule has 2 rings (SSSR count). The number of benzene rings is 1. The van der Waals surface area contributed by atoms with Crippen LogP contribution in [0.1, 0.15) is 38.1 Å². The summed E-state index contributed by atoms with van der Waals surface area (Å²) < 4.78 is 1.01. The number of Topliss-reactive ketones (excluding diaryl/α,β-unsaturated/α-hetero) is 1. The fraction of sp³-hybridized carbons (Fsp3) is 0.588. The van der Waals surface area contributed by atoms with Crippen molar-refractivity contribution < 1.29 is 4.79 Å². The Balaban J connectivity index is 1.97. The van der Waals surface area contributed by atoms with Gasteiger partial charge in [0.2, 0.25) is 0 Å². The van der Waals surface area contributed by atoms with Crippen LogP contribution in [0.4, 0.5) is 0 Å². The van der Waals surface area contributed by atoms with Gasteiger partial charge >= 0.3 is 0 Å². The van der Waals surface area contributed by atoms with Crippen LogP contribution >= 0.6 is 15.9 Å². The van der Waals surface area contributed by atoms with Crippen LogP contribution in [-0.2, 0) is 0 Å². The van der Waals surface area contributed by atoms with Crippen LogP contribution in [0.5, 0.6) is 0 Å². The molecule has 0 spiro atoms. The summed E-state index contributed by atoms with van der Waals surface area (Å²) in [7, 11) is 0. The Bertz CT molecular complexity index is 485. The van der Waals surface area contributed by atoms with Gasteiger partial charge in [-0.25, -0.2) is 0 Å². The smallest absolute Gasteiger partial charge is 0.179 e. The fourth-order valence-electron chi connectivity index (χ4n) is 2.80. The zero-order valence-corrected chi connectivity index (χ0v) is 15.0. The number of nitrogens with zero attached hydrogens (tertiary/aromatic N) is 2. The Kier molecular flexibility index (Phi) is 5.23. The van der Waals surface area contributed by atoms with E-state index in [1.165, 1.54) is 0 Å². The standard InChI is InChI=1S/C17H25BrN2O/c1-13(16(21)14-5-7-15(18)8-6-14)19-9-11-20(12-10-19)17(2,3)4/h5-8,13H,9-12H2,1-4H3. The monoisotopic (exact) mass is 352 g/mol. The van der Waals surface area contributed by atoms with Crippen LogP contribution < -0.4 is 0 Å². The highest BCUT2D eigenvalue weighted by Crippen LogP contribution is 2.19. The first-order valence-electron chi connectivity index (χ1n) is 7.58. The second-order valence-corrected chi connectivity index (χ2v) is 7.66. The minimum Gasteiger partial charge on any atom is -0.296 e. The van der Waals surface area contributed by atoms with Crippen LogP contribution in [0.2, 0.25) is 0 Å². The van der Waals surface area contributed by atoms with Gasteiger partial charge in [0.1, 0.15) is 0 Å². The number of hydrogen-bond donors (Lipinski definition) is 0. The molecule has 0 aliphatic carbocycles. The van der Waals surface area contributed by atoms with Crippen molar-refractivity contribution in [2.24, 2.45) is 0 Å². The third-order valence-corrected chi connectivity index (χ3v) is 4.85. The molecule has 1 heterocycles. The van der Waals surface area contributed by atoms with Gasteiger partial charge in [-0.05, 0) is 39.8 Å². The average Bonchev–Trinajstić information content (AvgIpc) is 2.46. The topological polar surface area (TPSA) is 23.6 Å². The zero-order valence-electron chi connectivity index (χ0n) is 13.4. The zero-order chi connectivity index (χ0) is 15.6. The predicted octanol–water partition coefficient (Wildman–Crippen LogP) is 3.44. The summed E-state index contributed by atoms with van der Waals surface area (Å²) in [6.45, 7) is 12.7. The van der Waals surface area contributed by atoms with E-state index in [4.69, 9.17) is 0 Å². The second-order valence-electron chi connectivity index (χ2n) is 6.74. The van der Waals surface area contributed by atoms with Gasteiger partial charge < -0.3 is 0 Å². The number of rotatable bonds is 3. The number of carbonyl (C=O) groups is 1. The van der Waals surface area contributed by atoms with E-state index in [0.29, 0.717) is 0 Å². The molecule has 1 aromatic rings. The first kappa shape index (κ1) is 16.7. The molecule has 1 unspecified atom stereocenters. The molecule has 0 radical (unpaired) electrons. The molecule has 1 aliphatic heterocycles. The van der Waals surface area contributed by atoms with Gasteiger partial charge in [-0.3, -0.25) is 14.6 Å². The van der Waals surface area contributed by atoms with E-state index in [-0.39, 0.29) is 17.4 Å². The van der Waals surface area contributed by atoms with Crippen LogP contribution in [0.15, 0.2) is 28.7 Å². The van der Waals surface area contributed by atoms with Gasteiger partial charge in [0.25, 0.3) is 0 Å². The molecule has 1 aromatic carbocycles. The summed E-state index contributed by atoms with van der Waals surface area (Å²) in [4.78, 5) is 17.3. The molecule has 1 aliphatic rings. The molecule has 1 saturated heterocycles. The molecular formula is C17H25BrN2O. The summed E-state index contributed by atoms with van der Waals surface area (Å²) in [6.07, 6.45) is 0. The van der Waals surface area contributed by atoms with Crippen LogP contribution in [0, 0.1) is 0 Å². The third kappa shape index (κ3) is 4.15. The molecule has 0 bridgehead atoms. The predicted molar refractivity (Wildman–Crippen MR) is 90.8 cm³/mol. The molecule has 1 atom stereocenters. The highest BCUT2D eigenvalue weighted by Gasteiger charge is 2.30. The van der Waals surface area contributed by atoms with E-state index in [1.54, 1.807) is 0 Å². The van der Waals surface area contributed by atoms with Crippen molar-refractivity contribution in [3.8, 4) is 0 Å². The maximum atomic E-state index is 12.6. The Hall–Kier alpha value is -0.710. The van der Waals surface area contributed by atoms with Gasteiger partial charge in [-0.1, -0.05) is 28.1 Å². The Morgan fingerprint density at radius 3 is 2.10 bits per heavy atom. The molecule has 0 N–H and O–H groups in total. The van der Waals surface area contributed by atoms with Crippen molar-refractivity contribution in [2.45, 2.75) is 39.3 Å². The van der Waals surface area contributed by atoms with E-state index < -0.39 is 0 Å². The molecule has 0 amide bonds. The van der Waals surface area contributed by atoms with Gasteiger partial charge in [-0.2, -0.15) is 0 Å². The molecular weight excluding hydrogens is 328 g/mol. The van der Waals surface area contributed by atoms with Crippen molar-refractivity contribution >= 4 is 21.7 Å². The normalized spacial score (nSPS) is 19.5. The SMILES string of the molecule is CC(C(=O)c1ccc(Br)cc1)N1CCN(C(C)(C)C)CC1. The second kappa shape index (κ2) is 6.59. The number of carbonyl (C=O) groups excluding carboxylic acids is 1. The van der Waals surface area contributed by atoms with Crippen molar-refractivity contribution in [3.05, 3.63) is 34.3 Å². The van der Waals surface area contributed by atoms with E-state index in [2.05, 4.69) is 46.5 Å². The minimum absolute atomic E-state index is 0.0479. The lowest BCUT2D eigenvalue weighted by Crippen LogP contribution is -2.56. The van der Waals surface area contributed by atoms with E-state index in [0.717, 1.165) is 36.2 Å². The lowest BCUT2D eigenvalue weighted by Gasteiger charge is -2.43. The van der Waals surface area contributed by atoms with Gasteiger partial charge in [-0.15, -0.1) is 0 Å². The van der Waals surface area contributed by atoms with Crippen LogP contribution in [0.25, 0.3) is 0 Å². The van der Waals surface area contributed by atoms with Crippen molar-refractivity contribution in [3.63, 3.8) is 0 Å². The number of piperazine rings is 1. The van der Waals surface area contributed by atoms with Crippen molar-refractivity contribution in [2.75, 3.05) is 26.2 Å². The lowest BCUT2D eigenvalue weighted by atomic mass is 10.0. The number of ketones is 1. The number of halogens is 1. The molecule has 4 heteroatoms. The minimum atomic E-state index is -0.0479. The molecule has 0 aromatic heterocycles.